The van der Waals surface area contributed by atoms with E-state index in [1.54, 1.807) is 16.4 Å². The second-order valence-electron chi connectivity index (χ2n) is 6.66. The summed E-state index contributed by atoms with van der Waals surface area (Å²) in [5, 5.41) is 0. The minimum atomic E-state index is -3.41. The van der Waals surface area contributed by atoms with Crippen LogP contribution in [-0.4, -0.2) is 38.9 Å². The Kier molecular flexibility index (Phi) is 5.16. The summed E-state index contributed by atoms with van der Waals surface area (Å²) in [5.41, 5.74) is 4.61. The molecule has 1 saturated heterocycles. The van der Waals surface area contributed by atoms with E-state index in [1.807, 2.05) is 19.9 Å². The Morgan fingerprint density at radius 3 is 2.08 bits per heavy atom. The fraction of sp³-hybridized carbons (Fsp3) is 0.400. The zero-order valence-corrected chi connectivity index (χ0v) is 16.0. The lowest BCUT2D eigenvalue weighted by atomic mass is 10.1. The molecule has 3 rings (SSSR count). The van der Waals surface area contributed by atoms with E-state index in [4.69, 9.17) is 0 Å². The molecule has 1 aliphatic rings. The third-order valence-electron chi connectivity index (χ3n) is 5.06. The van der Waals surface area contributed by atoms with Gasteiger partial charge in [0, 0.05) is 31.9 Å². The van der Waals surface area contributed by atoms with Gasteiger partial charge in [-0.05, 0) is 61.2 Å². The number of hydrogen-bond donors (Lipinski definition) is 0. The number of rotatable bonds is 4. The Morgan fingerprint density at radius 1 is 0.880 bits per heavy atom. The molecule has 134 valence electrons. The Morgan fingerprint density at radius 2 is 1.52 bits per heavy atom. The van der Waals surface area contributed by atoms with Gasteiger partial charge in [-0.2, -0.15) is 4.31 Å². The van der Waals surface area contributed by atoms with E-state index >= 15 is 0 Å². The standard InChI is InChI=1S/C20H26N2O2S/c1-4-18-6-8-19(9-7-18)21-11-13-22(14-12-21)25(23,24)20-10-5-16(2)17(3)15-20/h5-10,15H,4,11-14H2,1-3H3. The van der Waals surface area contributed by atoms with E-state index in [9.17, 15) is 8.42 Å². The van der Waals surface area contributed by atoms with Crippen LogP contribution in [-0.2, 0) is 16.4 Å². The molecular weight excluding hydrogens is 332 g/mol. The second kappa shape index (κ2) is 7.18. The summed E-state index contributed by atoms with van der Waals surface area (Å²) in [7, 11) is -3.41. The average Bonchev–Trinajstić information content (AvgIpc) is 2.64. The third-order valence-corrected chi connectivity index (χ3v) is 6.96. The smallest absolute Gasteiger partial charge is 0.243 e. The summed E-state index contributed by atoms with van der Waals surface area (Å²) >= 11 is 0. The normalized spacial score (nSPS) is 16.2. The highest BCUT2D eigenvalue weighted by Crippen LogP contribution is 2.23. The van der Waals surface area contributed by atoms with Gasteiger partial charge >= 0.3 is 0 Å². The average molecular weight is 359 g/mol. The van der Waals surface area contributed by atoms with Gasteiger partial charge < -0.3 is 4.90 Å². The summed E-state index contributed by atoms with van der Waals surface area (Å²) in [4.78, 5) is 2.66. The SMILES string of the molecule is CCc1ccc(N2CCN(S(=O)(=O)c3ccc(C)c(C)c3)CC2)cc1. The molecule has 1 heterocycles. The molecule has 25 heavy (non-hydrogen) atoms. The Hall–Kier alpha value is -1.85. The van der Waals surface area contributed by atoms with Crippen LogP contribution in [0.4, 0.5) is 5.69 Å². The van der Waals surface area contributed by atoms with E-state index in [0.29, 0.717) is 18.0 Å². The number of sulfonamides is 1. The van der Waals surface area contributed by atoms with Crippen molar-refractivity contribution in [1.29, 1.82) is 0 Å². The number of benzene rings is 2. The van der Waals surface area contributed by atoms with Gasteiger partial charge in [0.1, 0.15) is 0 Å². The van der Waals surface area contributed by atoms with E-state index in [1.165, 1.54) is 11.3 Å². The number of piperazine rings is 1. The topological polar surface area (TPSA) is 40.6 Å². The van der Waals surface area contributed by atoms with Gasteiger partial charge in [0.05, 0.1) is 4.90 Å². The van der Waals surface area contributed by atoms with Crippen molar-refractivity contribution in [2.75, 3.05) is 31.1 Å². The number of anilines is 1. The first-order valence-corrected chi connectivity index (χ1v) is 10.3. The van der Waals surface area contributed by atoms with Crippen molar-refractivity contribution in [2.24, 2.45) is 0 Å². The van der Waals surface area contributed by atoms with Crippen molar-refractivity contribution in [3.8, 4) is 0 Å². The van der Waals surface area contributed by atoms with Crippen LogP contribution in [0.1, 0.15) is 23.6 Å². The van der Waals surface area contributed by atoms with Crippen LogP contribution < -0.4 is 4.90 Å². The zero-order valence-electron chi connectivity index (χ0n) is 15.2. The minimum absolute atomic E-state index is 0.399. The molecule has 0 radical (unpaired) electrons. The molecule has 0 bridgehead atoms. The highest BCUT2D eigenvalue weighted by molar-refractivity contribution is 7.89. The first-order valence-electron chi connectivity index (χ1n) is 8.83. The van der Waals surface area contributed by atoms with Gasteiger partial charge in [-0.15, -0.1) is 0 Å². The van der Waals surface area contributed by atoms with Crippen LogP contribution in [0.3, 0.4) is 0 Å². The maximum atomic E-state index is 12.9. The van der Waals surface area contributed by atoms with Gasteiger partial charge in [-0.3, -0.25) is 0 Å². The maximum absolute atomic E-state index is 12.9. The molecule has 0 saturated carbocycles. The molecule has 4 nitrogen and oxygen atoms in total. The summed E-state index contributed by atoms with van der Waals surface area (Å²) in [6.45, 7) is 8.56. The molecule has 1 aliphatic heterocycles. The molecule has 0 spiro atoms. The summed E-state index contributed by atoms with van der Waals surface area (Å²) in [6, 6.07) is 13.9. The first-order chi connectivity index (χ1) is 11.9. The minimum Gasteiger partial charge on any atom is -0.369 e. The van der Waals surface area contributed by atoms with Crippen LogP contribution >= 0.6 is 0 Å². The summed E-state index contributed by atoms with van der Waals surface area (Å²) < 4.78 is 27.4. The molecule has 0 atom stereocenters. The number of nitrogens with zero attached hydrogens (tertiary/aromatic N) is 2. The van der Waals surface area contributed by atoms with E-state index in [0.717, 1.165) is 30.6 Å². The Labute approximate surface area is 151 Å². The van der Waals surface area contributed by atoms with Crippen LogP contribution in [0.15, 0.2) is 47.4 Å². The molecule has 2 aromatic carbocycles. The lowest BCUT2D eigenvalue weighted by molar-refractivity contribution is 0.385. The third kappa shape index (κ3) is 3.72. The number of aryl methyl sites for hydroxylation is 3. The highest BCUT2D eigenvalue weighted by Gasteiger charge is 2.28. The summed E-state index contributed by atoms with van der Waals surface area (Å²) in [6.07, 6.45) is 1.03. The molecule has 1 fully saturated rings. The second-order valence-corrected chi connectivity index (χ2v) is 8.60. The molecule has 0 unspecified atom stereocenters. The zero-order chi connectivity index (χ0) is 18.0. The van der Waals surface area contributed by atoms with Crippen molar-refractivity contribution in [3.05, 3.63) is 59.2 Å². The van der Waals surface area contributed by atoms with Crippen molar-refractivity contribution in [1.82, 2.24) is 4.31 Å². The van der Waals surface area contributed by atoms with Crippen molar-refractivity contribution in [3.63, 3.8) is 0 Å². The lowest BCUT2D eigenvalue weighted by Gasteiger charge is -2.35. The molecular formula is C20H26N2O2S. The van der Waals surface area contributed by atoms with Crippen LogP contribution in [0.2, 0.25) is 0 Å². The first kappa shape index (κ1) is 18.0. The van der Waals surface area contributed by atoms with Gasteiger partial charge in [0.25, 0.3) is 0 Å². The van der Waals surface area contributed by atoms with Gasteiger partial charge in [-0.1, -0.05) is 25.1 Å². The van der Waals surface area contributed by atoms with Crippen molar-refractivity contribution >= 4 is 15.7 Å². The highest BCUT2D eigenvalue weighted by atomic mass is 32.2. The largest absolute Gasteiger partial charge is 0.369 e. The summed E-state index contributed by atoms with van der Waals surface area (Å²) in [5.74, 6) is 0. The Balaban J connectivity index is 1.71. The predicted molar refractivity (Wildman–Crippen MR) is 103 cm³/mol. The molecule has 0 aliphatic carbocycles. The van der Waals surface area contributed by atoms with Crippen LogP contribution in [0.5, 0.6) is 0 Å². The fourth-order valence-electron chi connectivity index (χ4n) is 3.15. The predicted octanol–water partition coefficient (Wildman–Crippen LogP) is 3.38. The van der Waals surface area contributed by atoms with E-state index in [-0.39, 0.29) is 0 Å². The van der Waals surface area contributed by atoms with E-state index < -0.39 is 10.0 Å². The van der Waals surface area contributed by atoms with Crippen molar-refractivity contribution < 1.29 is 8.42 Å². The monoisotopic (exact) mass is 358 g/mol. The molecule has 0 aromatic heterocycles. The molecule has 2 aromatic rings. The van der Waals surface area contributed by atoms with Gasteiger partial charge in [-0.25, -0.2) is 8.42 Å². The number of hydrogen-bond acceptors (Lipinski definition) is 3. The van der Waals surface area contributed by atoms with E-state index in [2.05, 4.69) is 36.1 Å². The van der Waals surface area contributed by atoms with Gasteiger partial charge in [0.2, 0.25) is 10.0 Å². The molecule has 0 N–H and O–H groups in total. The maximum Gasteiger partial charge on any atom is 0.243 e. The lowest BCUT2D eigenvalue weighted by Crippen LogP contribution is -2.48. The molecule has 0 amide bonds. The van der Waals surface area contributed by atoms with Crippen LogP contribution in [0, 0.1) is 13.8 Å². The Bertz CT molecular complexity index is 836. The van der Waals surface area contributed by atoms with Crippen molar-refractivity contribution in [2.45, 2.75) is 32.1 Å². The fourth-order valence-corrected chi connectivity index (χ4v) is 4.66. The molecule has 5 heteroatoms. The quantitative estimate of drug-likeness (QED) is 0.841. The van der Waals surface area contributed by atoms with Gasteiger partial charge in [0.15, 0.2) is 0 Å². The van der Waals surface area contributed by atoms with Crippen LogP contribution in [0.25, 0.3) is 0 Å².